The normalized spacial score (nSPS) is 10.0. The van der Waals surface area contributed by atoms with E-state index in [0.29, 0.717) is 0 Å². The predicted molar refractivity (Wildman–Crippen MR) is 77.9 cm³/mol. The largest absolute Gasteiger partial charge is 0.482 e. The monoisotopic (exact) mass is 321 g/mol. The van der Waals surface area contributed by atoms with Crippen LogP contribution in [0.1, 0.15) is 0 Å². The topological polar surface area (TPSA) is 64.6 Å². The van der Waals surface area contributed by atoms with Gasteiger partial charge in [0.05, 0.1) is 5.69 Å². The molecule has 2 aromatic rings. The summed E-state index contributed by atoms with van der Waals surface area (Å²) in [5.41, 5.74) is -0.00967. The van der Waals surface area contributed by atoms with Gasteiger partial charge in [0.15, 0.2) is 13.2 Å². The van der Waals surface area contributed by atoms with Crippen molar-refractivity contribution in [3.05, 3.63) is 60.2 Å². The van der Waals surface area contributed by atoms with Crippen LogP contribution in [0, 0.1) is 11.6 Å². The second kappa shape index (κ2) is 7.88. The molecule has 2 rings (SSSR count). The number of benzene rings is 2. The lowest BCUT2D eigenvalue weighted by atomic mass is 10.3. The Labute approximate surface area is 130 Å². The summed E-state index contributed by atoms with van der Waals surface area (Å²) < 4.78 is 35.9. The second-order valence-electron chi connectivity index (χ2n) is 4.43. The molecule has 5 nitrogen and oxygen atoms in total. The molecule has 0 unspecified atom stereocenters. The third-order valence-corrected chi connectivity index (χ3v) is 2.66. The van der Waals surface area contributed by atoms with E-state index in [2.05, 4.69) is 10.1 Å². The fraction of sp³-hybridized carbons (Fsp3) is 0.125. The number of rotatable bonds is 6. The Hall–Kier alpha value is -2.96. The molecule has 0 heterocycles. The van der Waals surface area contributed by atoms with Crippen molar-refractivity contribution in [2.24, 2.45) is 0 Å². The maximum absolute atomic E-state index is 13.3. The first-order chi connectivity index (χ1) is 11.0. The molecule has 0 bridgehead atoms. The van der Waals surface area contributed by atoms with Crippen LogP contribution in [0.15, 0.2) is 48.5 Å². The first-order valence-corrected chi connectivity index (χ1v) is 6.63. The molecule has 0 aliphatic heterocycles. The molecule has 0 saturated carbocycles. The minimum atomic E-state index is -0.807. The Balaban J connectivity index is 1.74. The van der Waals surface area contributed by atoms with Crippen molar-refractivity contribution >= 4 is 17.6 Å². The highest BCUT2D eigenvalue weighted by Crippen LogP contribution is 2.13. The quantitative estimate of drug-likeness (QED) is 0.831. The Morgan fingerprint density at radius 3 is 2.52 bits per heavy atom. The molecule has 0 aromatic heterocycles. The van der Waals surface area contributed by atoms with Gasteiger partial charge in [-0.05, 0) is 24.3 Å². The lowest BCUT2D eigenvalue weighted by Crippen LogP contribution is -2.24. The van der Waals surface area contributed by atoms with Crippen LogP contribution < -0.4 is 10.1 Å². The Kier molecular flexibility index (Phi) is 5.62. The molecule has 0 atom stereocenters. The van der Waals surface area contributed by atoms with E-state index < -0.39 is 36.7 Å². The van der Waals surface area contributed by atoms with Gasteiger partial charge in [-0.25, -0.2) is 13.6 Å². The number of halogens is 2. The van der Waals surface area contributed by atoms with Crippen molar-refractivity contribution in [1.29, 1.82) is 0 Å². The van der Waals surface area contributed by atoms with Gasteiger partial charge in [0.1, 0.15) is 17.4 Å². The van der Waals surface area contributed by atoms with Gasteiger partial charge in [-0.2, -0.15) is 0 Å². The van der Waals surface area contributed by atoms with Gasteiger partial charge in [0, 0.05) is 6.07 Å². The minimum absolute atomic E-state index is 0.00967. The summed E-state index contributed by atoms with van der Waals surface area (Å²) in [6.45, 7) is -1.06. The van der Waals surface area contributed by atoms with Crippen molar-refractivity contribution in [2.75, 3.05) is 18.5 Å². The highest BCUT2D eigenvalue weighted by atomic mass is 19.1. The molecular formula is C16H13F2NO4. The number of carbonyl (C=O) groups is 2. The lowest BCUT2D eigenvalue weighted by molar-refractivity contribution is -0.149. The molecule has 7 heteroatoms. The first-order valence-electron chi connectivity index (χ1n) is 6.63. The van der Waals surface area contributed by atoms with Crippen molar-refractivity contribution in [1.82, 2.24) is 0 Å². The summed E-state index contributed by atoms with van der Waals surface area (Å²) in [4.78, 5) is 23.0. The van der Waals surface area contributed by atoms with E-state index in [0.717, 1.165) is 6.07 Å². The number of esters is 1. The van der Waals surface area contributed by atoms with E-state index in [1.54, 1.807) is 6.07 Å². The molecule has 1 amide bonds. The number of amides is 1. The van der Waals surface area contributed by atoms with Gasteiger partial charge in [0.2, 0.25) is 0 Å². The molecule has 1 N–H and O–H groups in total. The standard InChI is InChI=1S/C16H13F2NO4/c17-11-4-3-5-12(8-11)22-10-16(21)23-9-15(20)19-14-7-2-1-6-13(14)18/h1-8H,9-10H2,(H,19,20). The molecule has 2 aromatic carbocycles. The zero-order chi connectivity index (χ0) is 16.7. The first kappa shape index (κ1) is 16.4. The summed E-state index contributed by atoms with van der Waals surface area (Å²) in [6.07, 6.45) is 0. The number of para-hydroxylation sites is 1. The number of nitrogens with one attached hydrogen (secondary N) is 1. The average molecular weight is 321 g/mol. The van der Waals surface area contributed by atoms with Crippen LogP contribution in [-0.4, -0.2) is 25.1 Å². The van der Waals surface area contributed by atoms with E-state index in [1.165, 1.54) is 36.4 Å². The molecule has 0 fully saturated rings. The Morgan fingerprint density at radius 1 is 1.00 bits per heavy atom. The zero-order valence-corrected chi connectivity index (χ0v) is 11.9. The van der Waals surface area contributed by atoms with E-state index >= 15 is 0 Å². The molecule has 0 spiro atoms. The summed E-state index contributed by atoms with van der Waals surface area (Å²) in [5.74, 6) is -2.42. The van der Waals surface area contributed by atoms with E-state index in [-0.39, 0.29) is 11.4 Å². The second-order valence-corrected chi connectivity index (χ2v) is 4.43. The van der Waals surface area contributed by atoms with Crippen LogP contribution in [0.3, 0.4) is 0 Å². The Morgan fingerprint density at radius 2 is 1.78 bits per heavy atom. The summed E-state index contributed by atoms with van der Waals surface area (Å²) in [6, 6.07) is 10.8. The highest BCUT2D eigenvalue weighted by molar-refractivity contribution is 5.92. The van der Waals surface area contributed by atoms with E-state index in [4.69, 9.17) is 4.74 Å². The van der Waals surface area contributed by atoms with Crippen molar-refractivity contribution < 1.29 is 27.8 Å². The van der Waals surface area contributed by atoms with Gasteiger partial charge in [-0.3, -0.25) is 4.79 Å². The van der Waals surface area contributed by atoms with Crippen molar-refractivity contribution in [3.8, 4) is 5.75 Å². The lowest BCUT2D eigenvalue weighted by Gasteiger charge is -2.08. The molecule has 0 radical (unpaired) electrons. The van der Waals surface area contributed by atoms with Gasteiger partial charge >= 0.3 is 5.97 Å². The van der Waals surface area contributed by atoms with Gasteiger partial charge < -0.3 is 14.8 Å². The molecule has 0 aliphatic rings. The van der Waals surface area contributed by atoms with Crippen molar-refractivity contribution in [2.45, 2.75) is 0 Å². The third kappa shape index (κ3) is 5.39. The zero-order valence-electron chi connectivity index (χ0n) is 11.9. The van der Waals surface area contributed by atoms with E-state index in [1.807, 2.05) is 0 Å². The summed E-state index contributed by atoms with van der Waals surface area (Å²) in [5, 5.41) is 2.27. The average Bonchev–Trinajstić information content (AvgIpc) is 2.53. The van der Waals surface area contributed by atoms with Gasteiger partial charge in [0.25, 0.3) is 5.91 Å². The fourth-order valence-electron chi connectivity index (χ4n) is 1.64. The van der Waals surface area contributed by atoms with Crippen LogP contribution in [0.25, 0.3) is 0 Å². The summed E-state index contributed by atoms with van der Waals surface area (Å²) in [7, 11) is 0. The van der Waals surface area contributed by atoms with Crippen LogP contribution in [0.2, 0.25) is 0 Å². The summed E-state index contributed by atoms with van der Waals surface area (Å²) >= 11 is 0. The molecule has 0 saturated heterocycles. The number of ether oxygens (including phenoxy) is 2. The molecule has 120 valence electrons. The fourth-order valence-corrected chi connectivity index (χ4v) is 1.64. The maximum Gasteiger partial charge on any atom is 0.344 e. The number of hydrogen-bond acceptors (Lipinski definition) is 4. The smallest absolute Gasteiger partial charge is 0.344 e. The SMILES string of the molecule is O=C(COC(=O)COc1cccc(F)c1)Nc1ccccc1F. The predicted octanol–water partition coefficient (Wildman–Crippen LogP) is 2.53. The van der Waals surface area contributed by atoms with E-state index in [9.17, 15) is 18.4 Å². The van der Waals surface area contributed by atoms with Crippen LogP contribution >= 0.6 is 0 Å². The minimum Gasteiger partial charge on any atom is -0.482 e. The maximum atomic E-state index is 13.3. The number of anilines is 1. The van der Waals surface area contributed by atoms with Crippen molar-refractivity contribution in [3.63, 3.8) is 0 Å². The highest BCUT2D eigenvalue weighted by Gasteiger charge is 2.10. The molecular weight excluding hydrogens is 308 g/mol. The number of hydrogen-bond donors (Lipinski definition) is 1. The van der Waals surface area contributed by atoms with Gasteiger partial charge in [-0.15, -0.1) is 0 Å². The Bertz CT molecular complexity index is 706. The molecule has 23 heavy (non-hydrogen) atoms. The van der Waals surface area contributed by atoms with Crippen LogP contribution in [0.4, 0.5) is 14.5 Å². The third-order valence-electron chi connectivity index (χ3n) is 2.66. The molecule has 0 aliphatic carbocycles. The van der Waals surface area contributed by atoms with Crippen LogP contribution in [-0.2, 0) is 14.3 Å². The van der Waals surface area contributed by atoms with Gasteiger partial charge in [-0.1, -0.05) is 18.2 Å². The number of carbonyl (C=O) groups excluding carboxylic acids is 2. The van der Waals surface area contributed by atoms with Crippen LogP contribution in [0.5, 0.6) is 5.75 Å².